The number of hydrogen-bond acceptors (Lipinski definition) is 2. The first-order valence-electron chi connectivity index (χ1n) is 6.68. The third-order valence-corrected chi connectivity index (χ3v) is 6.19. The van der Waals surface area contributed by atoms with Crippen LogP contribution in [0.15, 0.2) is 33.6 Å². The Labute approximate surface area is 144 Å². The molecule has 22 heavy (non-hydrogen) atoms. The van der Waals surface area contributed by atoms with Crippen molar-refractivity contribution >= 4 is 43.2 Å². The number of halogens is 2. The second-order valence-electron chi connectivity index (χ2n) is 5.32. The van der Waals surface area contributed by atoms with E-state index in [0.29, 0.717) is 15.6 Å². The number of hydrogen-bond donors (Lipinski definition) is 1. The van der Waals surface area contributed by atoms with Crippen molar-refractivity contribution in [2.75, 3.05) is 4.72 Å². The van der Waals surface area contributed by atoms with E-state index in [0.717, 1.165) is 26.7 Å². The van der Waals surface area contributed by atoms with Crippen molar-refractivity contribution in [2.24, 2.45) is 0 Å². The summed E-state index contributed by atoms with van der Waals surface area (Å²) in [5, 5.41) is 0.345. The molecule has 0 saturated heterocycles. The Hall–Kier alpha value is -1.04. The summed E-state index contributed by atoms with van der Waals surface area (Å²) in [4.78, 5) is 0.323. The molecule has 0 aliphatic rings. The molecule has 0 aliphatic carbocycles. The van der Waals surface area contributed by atoms with E-state index in [9.17, 15) is 8.42 Å². The van der Waals surface area contributed by atoms with Crippen LogP contribution in [0.3, 0.4) is 0 Å². The highest BCUT2D eigenvalue weighted by molar-refractivity contribution is 9.10. The highest BCUT2D eigenvalue weighted by atomic mass is 79.9. The Kier molecular flexibility index (Phi) is 4.90. The van der Waals surface area contributed by atoms with Crippen molar-refractivity contribution < 1.29 is 8.42 Å². The maximum Gasteiger partial charge on any atom is 0.262 e. The number of benzene rings is 2. The van der Waals surface area contributed by atoms with Crippen LogP contribution in [-0.2, 0) is 10.0 Å². The molecule has 2 aromatic rings. The van der Waals surface area contributed by atoms with Gasteiger partial charge in [0.1, 0.15) is 0 Å². The number of anilines is 1. The molecule has 0 amide bonds. The summed E-state index contributed by atoms with van der Waals surface area (Å²) < 4.78 is 29.0. The van der Waals surface area contributed by atoms with E-state index in [1.165, 1.54) is 0 Å². The maximum absolute atomic E-state index is 12.8. The van der Waals surface area contributed by atoms with Crippen molar-refractivity contribution in [1.29, 1.82) is 0 Å². The van der Waals surface area contributed by atoms with Crippen molar-refractivity contribution in [3.05, 3.63) is 56.0 Å². The summed E-state index contributed by atoms with van der Waals surface area (Å²) in [6, 6.07) is 7.03. The van der Waals surface area contributed by atoms with E-state index in [2.05, 4.69) is 20.7 Å². The average molecular weight is 403 g/mol. The molecule has 3 nitrogen and oxygen atoms in total. The fourth-order valence-electron chi connectivity index (χ4n) is 2.35. The maximum atomic E-state index is 12.8. The molecule has 0 spiro atoms. The zero-order valence-electron chi connectivity index (χ0n) is 12.8. The molecule has 0 heterocycles. The van der Waals surface area contributed by atoms with Gasteiger partial charge in [-0.05, 0) is 68.1 Å². The summed E-state index contributed by atoms with van der Waals surface area (Å²) in [6.07, 6.45) is 0. The van der Waals surface area contributed by atoms with Gasteiger partial charge in [0.15, 0.2) is 0 Å². The topological polar surface area (TPSA) is 46.2 Å². The summed E-state index contributed by atoms with van der Waals surface area (Å²) in [7, 11) is -3.70. The number of aryl methyl sites for hydroxylation is 2. The molecule has 118 valence electrons. The van der Waals surface area contributed by atoms with Gasteiger partial charge in [0.25, 0.3) is 10.0 Å². The molecular formula is C16H17BrClNO2S. The van der Waals surface area contributed by atoms with Gasteiger partial charge in [-0.15, -0.1) is 0 Å². The van der Waals surface area contributed by atoms with Gasteiger partial charge in [0, 0.05) is 4.47 Å². The number of nitrogens with one attached hydrogen (secondary N) is 1. The van der Waals surface area contributed by atoms with Crippen LogP contribution in [-0.4, -0.2) is 8.42 Å². The predicted molar refractivity (Wildman–Crippen MR) is 95.4 cm³/mol. The summed E-state index contributed by atoms with van der Waals surface area (Å²) >= 11 is 9.41. The van der Waals surface area contributed by atoms with E-state index in [4.69, 9.17) is 11.6 Å². The molecule has 2 rings (SSSR count). The summed E-state index contributed by atoms with van der Waals surface area (Å²) in [6.45, 7) is 7.46. The average Bonchev–Trinajstić information content (AvgIpc) is 2.40. The van der Waals surface area contributed by atoms with Crippen LogP contribution >= 0.6 is 27.5 Å². The minimum atomic E-state index is -3.70. The van der Waals surface area contributed by atoms with Crippen LogP contribution in [0.1, 0.15) is 22.3 Å². The Morgan fingerprint density at radius 1 is 1.00 bits per heavy atom. The second kappa shape index (κ2) is 6.22. The lowest BCUT2D eigenvalue weighted by molar-refractivity contribution is 0.599. The second-order valence-corrected chi connectivity index (χ2v) is 8.26. The molecule has 6 heteroatoms. The first-order chi connectivity index (χ1) is 10.1. The van der Waals surface area contributed by atoms with E-state index < -0.39 is 10.0 Å². The molecule has 2 aromatic carbocycles. The molecule has 0 aliphatic heterocycles. The van der Waals surface area contributed by atoms with Gasteiger partial charge in [0.2, 0.25) is 0 Å². The Morgan fingerprint density at radius 2 is 1.55 bits per heavy atom. The van der Waals surface area contributed by atoms with Crippen molar-refractivity contribution in [3.8, 4) is 0 Å². The molecule has 0 unspecified atom stereocenters. The van der Waals surface area contributed by atoms with Crippen molar-refractivity contribution in [3.63, 3.8) is 0 Å². The summed E-state index contributed by atoms with van der Waals surface area (Å²) in [5.41, 5.74) is 3.77. The third kappa shape index (κ3) is 3.31. The largest absolute Gasteiger partial charge is 0.278 e. The third-order valence-electron chi connectivity index (χ3n) is 3.74. The molecule has 0 fully saturated rings. The van der Waals surface area contributed by atoms with Crippen LogP contribution < -0.4 is 4.72 Å². The zero-order valence-corrected chi connectivity index (χ0v) is 15.9. The van der Waals surface area contributed by atoms with Gasteiger partial charge >= 0.3 is 0 Å². The van der Waals surface area contributed by atoms with Crippen molar-refractivity contribution in [2.45, 2.75) is 32.6 Å². The molecule has 0 saturated carbocycles. The van der Waals surface area contributed by atoms with Gasteiger partial charge < -0.3 is 0 Å². The Morgan fingerprint density at radius 3 is 2.05 bits per heavy atom. The quantitative estimate of drug-likeness (QED) is 0.773. The lowest BCUT2D eigenvalue weighted by Gasteiger charge is -2.17. The van der Waals surface area contributed by atoms with Crippen LogP contribution in [0.25, 0.3) is 0 Å². The predicted octanol–water partition coefficient (Wildman–Crippen LogP) is 5.14. The van der Waals surface area contributed by atoms with Crippen LogP contribution in [0.5, 0.6) is 0 Å². The van der Waals surface area contributed by atoms with E-state index in [1.807, 2.05) is 33.8 Å². The lowest BCUT2D eigenvalue weighted by Crippen LogP contribution is -2.17. The van der Waals surface area contributed by atoms with E-state index >= 15 is 0 Å². The van der Waals surface area contributed by atoms with Gasteiger partial charge in [0.05, 0.1) is 15.6 Å². The van der Waals surface area contributed by atoms with E-state index in [1.54, 1.807) is 18.2 Å². The molecule has 0 atom stereocenters. The standard InChI is InChI=1S/C16H17BrClNO2S/c1-9-7-10(2)12(4)16(11(9)3)22(20,21)19-15-6-5-13(17)8-14(15)18/h5-8,19H,1-4H3. The van der Waals surface area contributed by atoms with Crippen LogP contribution in [0, 0.1) is 27.7 Å². The summed E-state index contributed by atoms with van der Waals surface area (Å²) in [5.74, 6) is 0. The molecule has 1 N–H and O–H groups in total. The van der Waals surface area contributed by atoms with Crippen LogP contribution in [0.4, 0.5) is 5.69 Å². The van der Waals surface area contributed by atoms with Crippen LogP contribution in [0.2, 0.25) is 5.02 Å². The molecule has 0 bridgehead atoms. The van der Waals surface area contributed by atoms with Gasteiger partial charge in [-0.3, -0.25) is 4.72 Å². The van der Waals surface area contributed by atoms with E-state index in [-0.39, 0.29) is 0 Å². The molecule has 0 aromatic heterocycles. The number of rotatable bonds is 3. The smallest absolute Gasteiger partial charge is 0.262 e. The minimum Gasteiger partial charge on any atom is -0.278 e. The highest BCUT2D eigenvalue weighted by Crippen LogP contribution is 2.31. The minimum absolute atomic E-state index is 0.323. The lowest BCUT2D eigenvalue weighted by atomic mass is 10.0. The van der Waals surface area contributed by atoms with Crippen molar-refractivity contribution in [1.82, 2.24) is 0 Å². The molecule has 0 radical (unpaired) electrons. The van der Waals surface area contributed by atoms with Gasteiger partial charge in [-0.1, -0.05) is 33.6 Å². The highest BCUT2D eigenvalue weighted by Gasteiger charge is 2.23. The first kappa shape index (κ1) is 17.3. The zero-order chi connectivity index (χ0) is 16.7. The Bertz CT molecular complexity index is 821. The fourth-order valence-corrected chi connectivity index (χ4v) is 4.83. The monoisotopic (exact) mass is 401 g/mol. The first-order valence-corrected chi connectivity index (χ1v) is 9.34. The Balaban J connectivity index is 2.57. The van der Waals surface area contributed by atoms with Gasteiger partial charge in [-0.2, -0.15) is 0 Å². The SMILES string of the molecule is Cc1cc(C)c(C)c(S(=O)(=O)Nc2ccc(Br)cc2Cl)c1C. The normalized spacial score (nSPS) is 11.5. The molecular weight excluding hydrogens is 386 g/mol. The number of sulfonamides is 1. The fraction of sp³-hybridized carbons (Fsp3) is 0.250. The van der Waals surface area contributed by atoms with Gasteiger partial charge in [-0.25, -0.2) is 8.42 Å².